The summed E-state index contributed by atoms with van der Waals surface area (Å²) in [7, 11) is 0. The van der Waals surface area contributed by atoms with E-state index in [9.17, 15) is 9.59 Å². The molecule has 30 heavy (non-hydrogen) atoms. The van der Waals surface area contributed by atoms with Crippen LogP contribution in [-0.4, -0.2) is 18.4 Å². The van der Waals surface area contributed by atoms with E-state index in [0.717, 1.165) is 41.3 Å². The van der Waals surface area contributed by atoms with Gasteiger partial charge in [-0.25, -0.2) is 0 Å². The zero-order valence-corrected chi connectivity index (χ0v) is 17.3. The molecular weight excluding hydrogens is 372 g/mol. The number of nitrogens with one attached hydrogen (secondary N) is 1. The van der Waals surface area contributed by atoms with Crippen LogP contribution in [0.25, 0.3) is 10.8 Å². The number of fused-ring (bicyclic) bond motifs is 1. The van der Waals surface area contributed by atoms with Crippen molar-refractivity contribution >= 4 is 28.3 Å². The van der Waals surface area contributed by atoms with Gasteiger partial charge in [0.1, 0.15) is 6.54 Å². The van der Waals surface area contributed by atoms with Crippen LogP contribution >= 0.6 is 0 Å². The third-order valence-electron chi connectivity index (χ3n) is 6.47. The van der Waals surface area contributed by atoms with Crippen molar-refractivity contribution in [2.45, 2.75) is 45.1 Å². The molecule has 0 radical (unpaired) electrons. The highest BCUT2D eigenvalue weighted by Crippen LogP contribution is 2.37. The summed E-state index contributed by atoms with van der Waals surface area (Å²) in [4.78, 5) is 27.5. The van der Waals surface area contributed by atoms with Gasteiger partial charge < -0.3 is 5.32 Å². The van der Waals surface area contributed by atoms with Gasteiger partial charge in [0.25, 0.3) is 5.91 Å². The average molecular weight is 399 g/mol. The molecule has 0 bridgehead atoms. The first kappa shape index (κ1) is 18.9. The van der Waals surface area contributed by atoms with E-state index < -0.39 is 0 Å². The molecule has 0 fully saturated rings. The molecule has 152 valence electrons. The molecule has 0 saturated heterocycles. The van der Waals surface area contributed by atoms with Crippen molar-refractivity contribution in [1.29, 1.82) is 0 Å². The van der Waals surface area contributed by atoms with Gasteiger partial charge in [-0.3, -0.25) is 14.5 Å². The Morgan fingerprint density at radius 2 is 1.80 bits per heavy atom. The Kier molecular flexibility index (Phi) is 4.78. The van der Waals surface area contributed by atoms with E-state index in [0.29, 0.717) is 5.56 Å². The lowest BCUT2D eigenvalue weighted by Crippen LogP contribution is -2.40. The molecule has 1 heterocycles. The number of rotatable bonds is 5. The van der Waals surface area contributed by atoms with Crippen LogP contribution in [0.3, 0.4) is 0 Å². The van der Waals surface area contributed by atoms with Gasteiger partial charge in [0.05, 0.1) is 11.7 Å². The fraction of sp³-hybridized carbons (Fsp3) is 0.308. The first-order valence-corrected chi connectivity index (χ1v) is 10.9. The highest BCUT2D eigenvalue weighted by molar-refractivity contribution is 6.26. The molecule has 1 aliphatic carbocycles. The molecular formula is C26H26N2O2. The Hall–Kier alpha value is -3.14. The Labute approximate surface area is 176 Å². The third-order valence-corrected chi connectivity index (χ3v) is 6.47. The minimum absolute atomic E-state index is 0.0358. The Morgan fingerprint density at radius 1 is 1.03 bits per heavy atom. The largest absolute Gasteiger partial charge is 0.348 e. The predicted octanol–water partition coefficient (Wildman–Crippen LogP) is 4.95. The van der Waals surface area contributed by atoms with Gasteiger partial charge in [-0.1, -0.05) is 49.4 Å². The van der Waals surface area contributed by atoms with E-state index in [1.807, 2.05) is 36.4 Å². The highest BCUT2D eigenvalue weighted by Gasteiger charge is 2.31. The molecule has 1 N–H and O–H groups in total. The van der Waals surface area contributed by atoms with Crippen LogP contribution in [0.1, 0.15) is 59.3 Å². The summed E-state index contributed by atoms with van der Waals surface area (Å²) in [6.07, 6.45) is 5.59. The van der Waals surface area contributed by atoms with Gasteiger partial charge in [0.15, 0.2) is 0 Å². The number of carbonyl (C=O) groups excluding carboxylic acids is 2. The SMILES string of the molecule is CC[C@H](NC(=O)CN1C(=O)c2cccc3cccc1c23)c1ccc2c(c1)CCCC2. The summed E-state index contributed by atoms with van der Waals surface area (Å²) in [5, 5.41) is 5.14. The molecule has 2 aliphatic rings. The number of amides is 2. The molecule has 5 rings (SSSR count). The van der Waals surface area contributed by atoms with Crippen LogP contribution in [0.2, 0.25) is 0 Å². The fourth-order valence-electron chi connectivity index (χ4n) is 4.91. The summed E-state index contributed by atoms with van der Waals surface area (Å²) in [6.45, 7) is 2.12. The van der Waals surface area contributed by atoms with E-state index in [2.05, 4.69) is 30.4 Å². The van der Waals surface area contributed by atoms with Crippen LogP contribution in [0.4, 0.5) is 5.69 Å². The smallest absolute Gasteiger partial charge is 0.259 e. The molecule has 1 atom stereocenters. The Bertz CT molecular complexity index is 1150. The maximum Gasteiger partial charge on any atom is 0.259 e. The molecule has 3 aromatic rings. The second-order valence-electron chi connectivity index (χ2n) is 8.34. The predicted molar refractivity (Wildman–Crippen MR) is 120 cm³/mol. The first-order chi connectivity index (χ1) is 14.7. The van der Waals surface area contributed by atoms with Gasteiger partial charge in [-0.15, -0.1) is 0 Å². The van der Waals surface area contributed by atoms with Crippen molar-refractivity contribution in [3.8, 4) is 0 Å². The topological polar surface area (TPSA) is 49.4 Å². The van der Waals surface area contributed by atoms with E-state index in [-0.39, 0.29) is 24.4 Å². The second-order valence-corrected chi connectivity index (χ2v) is 8.34. The highest BCUT2D eigenvalue weighted by atomic mass is 16.2. The molecule has 3 aromatic carbocycles. The van der Waals surface area contributed by atoms with Crippen LogP contribution in [0, 0.1) is 0 Å². The standard InChI is InChI=1S/C26H26N2O2/c1-2-22(20-14-13-17-7-3-4-8-19(17)15-20)27-24(29)16-28-23-12-6-10-18-9-5-11-21(25(18)23)26(28)30/h5-6,9-15,22H,2-4,7-8,16H2,1H3,(H,27,29)/t22-/m0/s1. The van der Waals surface area contributed by atoms with Gasteiger partial charge >= 0.3 is 0 Å². The van der Waals surface area contributed by atoms with Gasteiger partial charge in [-0.05, 0) is 66.3 Å². The summed E-state index contributed by atoms with van der Waals surface area (Å²) < 4.78 is 0. The van der Waals surface area contributed by atoms with Gasteiger partial charge in [0, 0.05) is 10.9 Å². The quantitative estimate of drug-likeness (QED) is 0.661. The van der Waals surface area contributed by atoms with Crippen molar-refractivity contribution in [3.63, 3.8) is 0 Å². The zero-order valence-electron chi connectivity index (χ0n) is 17.3. The normalized spacial score (nSPS) is 15.9. The average Bonchev–Trinajstić information content (AvgIpc) is 3.05. The van der Waals surface area contributed by atoms with E-state index in [4.69, 9.17) is 0 Å². The van der Waals surface area contributed by atoms with Gasteiger partial charge in [0.2, 0.25) is 5.91 Å². The van der Waals surface area contributed by atoms with Crippen LogP contribution < -0.4 is 10.2 Å². The maximum absolute atomic E-state index is 12.9. The minimum Gasteiger partial charge on any atom is -0.348 e. The summed E-state index contributed by atoms with van der Waals surface area (Å²) in [6, 6.07) is 18.2. The number of nitrogens with zero attached hydrogens (tertiary/aromatic N) is 1. The second kappa shape index (κ2) is 7.60. The van der Waals surface area contributed by atoms with Crippen molar-refractivity contribution in [2.24, 2.45) is 0 Å². The Balaban J connectivity index is 1.35. The number of hydrogen-bond acceptors (Lipinski definition) is 2. The number of aryl methyl sites for hydroxylation is 2. The van der Waals surface area contributed by atoms with E-state index >= 15 is 0 Å². The van der Waals surface area contributed by atoms with Crippen molar-refractivity contribution in [2.75, 3.05) is 11.4 Å². The summed E-state index contributed by atoms with van der Waals surface area (Å²) in [5.74, 6) is -0.225. The van der Waals surface area contributed by atoms with E-state index in [1.165, 1.54) is 24.0 Å². The lowest BCUT2D eigenvalue weighted by atomic mass is 9.89. The number of anilines is 1. The number of benzene rings is 3. The first-order valence-electron chi connectivity index (χ1n) is 10.9. The van der Waals surface area contributed by atoms with E-state index in [1.54, 1.807) is 4.90 Å². The van der Waals surface area contributed by atoms with Crippen LogP contribution in [0.5, 0.6) is 0 Å². The molecule has 0 saturated carbocycles. The van der Waals surface area contributed by atoms with Gasteiger partial charge in [-0.2, -0.15) is 0 Å². The number of carbonyl (C=O) groups is 2. The molecule has 4 nitrogen and oxygen atoms in total. The lowest BCUT2D eigenvalue weighted by Gasteiger charge is -2.23. The summed E-state index contributed by atoms with van der Waals surface area (Å²) in [5.41, 5.74) is 5.52. The Morgan fingerprint density at radius 3 is 2.60 bits per heavy atom. The fourth-order valence-corrected chi connectivity index (χ4v) is 4.91. The van der Waals surface area contributed by atoms with Crippen LogP contribution in [-0.2, 0) is 17.6 Å². The third kappa shape index (κ3) is 3.17. The monoisotopic (exact) mass is 398 g/mol. The lowest BCUT2D eigenvalue weighted by molar-refractivity contribution is -0.120. The zero-order chi connectivity index (χ0) is 20.7. The molecule has 2 amide bonds. The molecule has 0 unspecified atom stereocenters. The summed E-state index contributed by atoms with van der Waals surface area (Å²) >= 11 is 0. The van der Waals surface area contributed by atoms with Crippen molar-refractivity contribution in [1.82, 2.24) is 5.32 Å². The van der Waals surface area contributed by atoms with Crippen molar-refractivity contribution < 1.29 is 9.59 Å². The molecule has 4 heteroatoms. The maximum atomic E-state index is 12.9. The molecule has 0 spiro atoms. The van der Waals surface area contributed by atoms with Crippen LogP contribution in [0.15, 0.2) is 54.6 Å². The number of hydrogen-bond donors (Lipinski definition) is 1. The van der Waals surface area contributed by atoms with Crippen molar-refractivity contribution in [3.05, 3.63) is 76.9 Å². The minimum atomic E-state index is -0.127. The molecule has 0 aromatic heterocycles. The molecule has 1 aliphatic heterocycles.